The molecule has 1 saturated carbocycles. The lowest BCUT2D eigenvalue weighted by molar-refractivity contribution is -0.152. The highest BCUT2D eigenvalue weighted by molar-refractivity contribution is 9.10. The molecule has 5 atom stereocenters. The number of rotatable bonds is 30. The molecule has 2 aliphatic heterocycles. The number of nitrogens with one attached hydrogen (secondary N) is 1. The third-order valence-corrected chi connectivity index (χ3v) is 22.9. The predicted octanol–water partition coefficient (Wildman–Crippen LogP) is -10.9. The van der Waals surface area contributed by atoms with Gasteiger partial charge in [-0.1, -0.05) is 47.8 Å². The maximum absolute atomic E-state index is 13.7. The molecule has 7 rings (SSSR count). The monoisotopic (exact) mass is 1400 g/mol. The van der Waals surface area contributed by atoms with Gasteiger partial charge in [0, 0.05) is 387 Å². The number of carbonyl (C=O) groups is 3. The molecule has 0 bridgehead atoms. The van der Waals surface area contributed by atoms with E-state index in [9.17, 15) is 22.8 Å². The lowest BCUT2D eigenvalue weighted by Crippen LogP contribution is -2.94. The summed E-state index contributed by atoms with van der Waals surface area (Å²) in [6.45, 7) is 3.82. The van der Waals surface area contributed by atoms with Crippen LogP contribution in [0, 0.1) is 17.3 Å². The SMILES string of the molecule is CCOC(=O)[C@]12CC(=O)[C@@H]3C[C@H](OS(=O)(=O)c4ccc(Br)cc4)CN3C(=O)[C@@H](C)CCCCC/C=C\[C@@H]1C2.COc1ccc(-c2n[nH]nc2-c2nccs2)cc1.[B]B([B])B([B])B(B([B])[B])B(B(B([B])[B])B([B])[B])B(B(B(B([B])[B])B([B])[B])B(B([B])[B])B([B])[B])B(B(B([B])[B])B([B])[B])B(B([B])[B])B([B])[B]. The average Bonchev–Trinajstić information content (AvgIpc) is 1.25. The summed E-state index contributed by atoms with van der Waals surface area (Å²) in [6, 6.07) is 13.0. The van der Waals surface area contributed by atoms with Crippen molar-refractivity contribution in [1.82, 2.24) is 25.3 Å². The number of allylic oxidation sites excluding steroid dienone is 2. The molecular formula is C40H46B48BrN5O8S2. The van der Waals surface area contributed by atoms with Gasteiger partial charge in [0.25, 0.3) is 10.1 Å². The lowest BCUT2D eigenvalue weighted by Gasteiger charge is -2.56. The molecular weight excluding hydrogens is 1340 g/mol. The molecule has 2 fully saturated rings. The summed E-state index contributed by atoms with van der Waals surface area (Å²) in [5, 5.41) is 13.8. The van der Waals surface area contributed by atoms with Crippen LogP contribution in [-0.4, -0.2) is 424 Å². The molecule has 0 unspecified atom stereocenters. The number of hydrogen-bond acceptors (Lipinski definition) is 12. The zero-order valence-electron chi connectivity index (χ0n) is 59.3. The average molecular weight is 1390 g/mol. The van der Waals surface area contributed by atoms with Crippen LogP contribution in [0.25, 0.3) is 22.0 Å². The number of amides is 1. The number of hydrogen-bond donors (Lipinski definition) is 1. The highest BCUT2D eigenvalue weighted by Gasteiger charge is 2.63. The van der Waals surface area contributed by atoms with Gasteiger partial charge in [0.05, 0.1) is 36.2 Å². The first-order valence-electron chi connectivity index (χ1n) is 34.4. The van der Waals surface area contributed by atoms with Crippen LogP contribution in [0.2, 0.25) is 0 Å². The molecule has 50 radical (unpaired) electrons. The normalized spacial score (nSPS) is 17.8. The fourth-order valence-electron chi connectivity index (χ4n) is 15.2. The molecule has 1 N–H and O–H groups in total. The van der Waals surface area contributed by atoms with Crippen LogP contribution >= 0.6 is 27.3 Å². The van der Waals surface area contributed by atoms with Crippen molar-refractivity contribution in [2.75, 3.05) is 20.3 Å². The topological polar surface area (TPSA) is 171 Å². The number of fused-ring (bicyclic) bond motifs is 2. The summed E-state index contributed by atoms with van der Waals surface area (Å²) >= 11 is 4.83. The van der Waals surface area contributed by atoms with E-state index in [2.05, 4.69) is 42.4 Å². The minimum absolute atomic E-state index is 0.00468. The molecule has 3 aliphatic rings. The number of esters is 1. The van der Waals surface area contributed by atoms with E-state index in [0.717, 1.165) is 57.9 Å². The zero-order valence-corrected chi connectivity index (χ0v) is 62.5. The van der Waals surface area contributed by atoms with Crippen molar-refractivity contribution in [2.45, 2.75) is 82.3 Å². The molecule has 0 spiro atoms. The predicted molar refractivity (Wildman–Crippen MR) is 490 cm³/mol. The minimum atomic E-state index is -4.10. The quantitative estimate of drug-likeness (QED) is 0.0228. The van der Waals surface area contributed by atoms with Crippen molar-refractivity contribution in [3.05, 3.63) is 76.7 Å². The Morgan fingerprint density at radius 3 is 1.52 bits per heavy atom. The summed E-state index contributed by atoms with van der Waals surface area (Å²) in [7, 11) is 157. The Bertz CT molecular complexity index is 3300. The van der Waals surface area contributed by atoms with E-state index in [1.807, 2.05) is 42.6 Å². The molecule has 4 heterocycles. The third-order valence-electron chi connectivity index (χ3n) is 20.2. The third kappa shape index (κ3) is 24.7. The number of Topliss-reactive ketones (excluding diaryl/α,β-unsaturated/α-hetero) is 1. The molecule has 4 aromatic rings. The first-order valence-corrected chi connectivity index (χ1v) is 37.5. The molecule has 2 aromatic heterocycles. The molecule has 104 heavy (non-hydrogen) atoms. The summed E-state index contributed by atoms with van der Waals surface area (Å²) in [6.07, 6.45) is -19.1. The fraction of sp³-hybridized carbons (Fsp3) is 0.450. The molecule has 1 amide bonds. The van der Waals surface area contributed by atoms with Crippen LogP contribution in [0.15, 0.2) is 81.6 Å². The van der Waals surface area contributed by atoms with Gasteiger partial charge in [-0.2, -0.15) is 23.8 Å². The number of H-pyrrole nitrogens is 1. The maximum atomic E-state index is 13.7. The van der Waals surface area contributed by atoms with Crippen LogP contribution in [0.5, 0.6) is 5.75 Å². The van der Waals surface area contributed by atoms with Crippen molar-refractivity contribution >= 4 is 395 Å². The number of ketones is 1. The number of benzene rings is 2. The van der Waals surface area contributed by atoms with Gasteiger partial charge in [0.2, 0.25) is 5.91 Å². The van der Waals surface area contributed by atoms with E-state index in [1.54, 1.807) is 32.4 Å². The maximum Gasteiger partial charge on any atom is 0.313 e. The molecule has 2 aromatic carbocycles. The van der Waals surface area contributed by atoms with E-state index in [-0.39, 0.29) is 60.4 Å². The minimum Gasteiger partial charge on any atom is -0.497 e. The molecule has 442 valence electrons. The summed E-state index contributed by atoms with van der Waals surface area (Å²) in [5.41, 5.74) is 1.63. The van der Waals surface area contributed by atoms with Crippen molar-refractivity contribution in [2.24, 2.45) is 17.3 Å². The van der Waals surface area contributed by atoms with Gasteiger partial charge >= 0.3 is 5.97 Å². The largest absolute Gasteiger partial charge is 0.497 e. The molecule has 13 nitrogen and oxygen atoms in total. The Balaban J connectivity index is 0.000000305. The Morgan fingerprint density at radius 1 is 0.625 bits per heavy atom. The van der Waals surface area contributed by atoms with Crippen LogP contribution < -0.4 is 4.74 Å². The second kappa shape index (κ2) is 43.2. The summed E-state index contributed by atoms with van der Waals surface area (Å²) in [4.78, 5) is 45.9. The van der Waals surface area contributed by atoms with Gasteiger partial charge in [-0.25, -0.2) is 4.98 Å². The summed E-state index contributed by atoms with van der Waals surface area (Å²) < 4.78 is 42.7. The number of aromatic nitrogens is 4. The number of ether oxygens (including phenoxy) is 2. The van der Waals surface area contributed by atoms with Crippen LogP contribution in [0.4, 0.5) is 0 Å². The van der Waals surface area contributed by atoms with Gasteiger partial charge in [-0.15, -0.1) is 11.3 Å². The number of thiazole rings is 1. The number of carbonyl (C=O) groups excluding carboxylic acids is 3. The number of aromatic amines is 1. The van der Waals surface area contributed by atoms with Gasteiger partial charge in [0.15, 0.2) is 5.78 Å². The van der Waals surface area contributed by atoms with Crippen LogP contribution in [-0.2, 0) is 33.4 Å². The van der Waals surface area contributed by atoms with Crippen molar-refractivity contribution in [1.29, 1.82) is 0 Å². The fourth-order valence-corrected chi connectivity index (χ4v) is 17.2. The van der Waals surface area contributed by atoms with Gasteiger partial charge in [-0.3, -0.25) is 18.6 Å². The van der Waals surface area contributed by atoms with Crippen molar-refractivity contribution < 1.29 is 36.5 Å². The lowest BCUT2D eigenvalue weighted by atomic mass is 8.25. The Hall–Kier alpha value is -1.13. The Kier molecular flexibility index (Phi) is 38.8. The van der Waals surface area contributed by atoms with E-state index in [0.29, 0.717) is 12.8 Å². The Morgan fingerprint density at radius 2 is 1.09 bits per heavy atom. The summed E-state index contributed by atoms with van der Waals surface area (Å²) in [5.74, 6) is -0.386. The van der Waals surface area contributed by atoms with Crippen molar-refractivity contribution in [3.63, 3.8) is 0 Å². The van der Waals surface area contributed by atoms with E-state index in [1.165, 1.54) is 28.4 Å². The van der Waals surface area contributed by atoms with Crippen molar-refractivity contribution in [3.8, 4) is 27.7 Å². The first-order chi connectivity index (χ1) is 48.7. The highest BCUT2D eigenvalue weighted by Crippen LogP contribution is 2.58. The van der Waals surface area contributed by atoms with Crippen LogP contribution in [0.3, 0.4) is 0 Å². The van der Waals surface area contributed by atoms with Gasteiger partial charge in [0.1, 0.15) is 22.1 Å². The number of halogens is 1. The van der Waals surface area contributed by atoms with Gasteiger partial charge in [-0.05, 0) is 87.1 Å². The van der Waals surface area contributed by atoms with E-state index < -0.39 is 175 Å². The van der Waals surface area contributed by atoms with E-state index in [4.69, 9.17) is 207 Å². The molecule has 64 heteroatoms. The molecule has 1 saturated heterocycles. The second-order valence-electron chi connectivity index (χ2n) is 27.5. The standard InChI is InChI=1S/C28H36BrNO7S.C12H10N4OS.B48/c1-3-36-27(33)28-16-20(28)10-8-6-4-5-7-9-19(2)26(32)30-18-22(15-24(30)25(31)17-28)37-38(34,35)23-13-11-21(29)12-14-23;1-17-9-4-2-8(3-5-9)10-11(15-16-14-10)12-13-6-7-18-12;1-26(2)38(25)44(37(23)24)47(43(35(19)20)36(21)22)48(45(39(27(3)4)28(5)6)40(29(7)8)30(9)10)46(41(31(11)12)32(13)14)42(33(15)16)34(17)18/h8,10-14,19-20,22,24H,3-7,9,15-18H2,1-2H3;2-7H,1H3,(H,14,15,16);/b10-8-;;/t19-,20+,22-,24-,28+;;/m0../s1. The zero-order chi connectivity index (χ0) is 78.2. The molecule has 1 aliphatic carbocycles. The Labute approximate surface area is 675 Å². The smallest absolute Gasteiger partial charge is 0.313 e. The second-order valence-corrected chi connectivity index (χ2v) is 30.9. The highest BCUT2D eigenvalue weighted by atomic mass is 79.9. The van der Waals surface area contributed by atoms with Crippen LogP contribution in [0.1, 0.15) is 65.2 Å². The first kappa shape index (κ1) is 93.5. The number of nitrogens with zero attached hydrogens (tertiary/aromatic N) is 4. The number of methoxy groups -OCH3 is 1. The van der Waals surface area contributed by atoms with Gasteiger partial charge < -0.3 is 14.4 Å². The van der Waals surface area contributed by atoms with E-state index >= 15 is 0 Å².